The van der Waals surface area contributed by atoms with Gasteiger partial charge in [0, 0.05) is 26.2 Å². The standard InChI is InChI=1S/C13H20O3/c1-13(2,16-4)9-12(15-3)10-7-5-6-8-11(10)14/h5-8,12,14H,9H2,1-4H3. The summed E-state index contributed by atoms with van der Waals surface area (Å²) in [7, 11) is 3.32. The van der Waals surface area contributed by atoms with Gasteiger partial charge in [0.1, 0.15) is 5.75 Å². The third-order valence-corrected chi connectivity index (χ3v) is 2.80. The van der Waals surface area contributed by atoms with Crippen molar-refractivity contribution in [3.05, 3.63) is 29.8 Å². The van der Waals surface area contributed by atoms with E-state index in [1.54, 1.807) is 26.4 Å². The van der Waals surface area contributed by atoms with Gasteiger partial charge in [-0.1, -0.05) is 18.2 Å². The molecule has 16 heavy (non-hydrogen) atoms. The van der Waals surface area contributed by atoms with Gasteiger partial charge in [-0.05, 0) is 19.9 Å². The second-order valence-corrected chi connectivity index (χ2v) is 4.45. The molecular weight excluding hydrogens is 204 g/mol. The first-order valence-electron chi connectivity index (χ1n) is 5.36. The number of rotatable bonds is 5. The Morgan fingerprint density at radius 1 is 1.25 bits per heavy atom. The summed E-state index contributed by atoms with van der Waals surface area (Å²) in [5.41, 5.74) is 0.526. The average molecular weight is 224 g/mol. The molecule has 1 atom stereocenters. The molecule has 3 heteroatoms. The molecule has 1 aromatic carbocycles. The third kappa shape index (κ3) is 3.22. The first-order chi connectivity index (χ1) is 7.50. The lowest BCUT2D eigenvalue weighted by molar-refractivity contribution is -0.0329. The van der Waals surface area contributed by atoms with Crippen molar-refractivity contribution in [1.29, 1.82) is 0 Å². The number of hydrogen-bond donors (Lipinski definition) is 1. The molecule has 90 valence electrons. The van der Waals surface area contributed by atoms with Crippen LogP contribution in [-0.2, 0) is 9.47 Å². The lowest BCUT2D eigenvalue weighted by Gasteiger charge is -2.28. The molecule has 0 radical (unpaired) electrons. The topological polar surface area (TPSA) is 38.7 Å². The van der Waals surface area contributed by atoms with Crippen molar-refractivity contribution < 1.29 is 14.6 Å². The van der Waals surface area contributed by atoms with Crippen LogP contribution in [0, 0.1) is 0 Å². The molecule has 3 nitrogen and oxygen atoms in total. The van der Waals surface area contributed by atoms with Gasteiger partial charge in [0.25, 0.3) is 0 Å². The van der Waals surface area contributed by atoms with Crippen LogP contribution in [-0.4, -0.2) is 24.9 Å². The van der Waals surface area contributed by atoms with Gasteiger partial charge >= 0.3 is 0 Å². The van der Waals surface area contributed by atoms with Gasteiger partial charge in [-0.15, -0.1) is 0 Å². The minimum absolute atomic E-state index is 0.156. The van der Waals surface area contributed by atoms with E-state index in [2.05, 4.69) is 0 Å². The van der Waals surface area contributed by atoms with E-state index in [1.807, 2.05) is 26.0 Å². The quantitative estimate of drug-likeness (QED) is 0.835. The van der Waals surface area contributed by atoms with E-state index in [4.69, 9.17) is 9.47 Å². The second kappa shape index (κ2) is 5.32. The molecule has 1 rings (SSSR count). The maximum Gasteiger partial charge on any atom is 0.121 e. The number of para-hydroxylation sites is 1. The van der Waals surface area contributed by atoms with E-state index < -0.39 is 0 Å². The smallest absolute Gasteiger partial charge is 0.121 e. The van der Waals surface area contributed by atoms with Crippen LogP contribution in [0.15, 0.2) is 24.3 Å². The molecule has 0 heterocycles. The number of methoxy groups -OCH3 is 2. The van der Waals surface area contributed by atoms with Crippen LogP contribution in [0.2, 0.25) is 0 Å². The van der Waals surface area contributed by atoms with E-state index >= 15 is 0 Å². The van der Waals surface area contributed by atoms with Crippen molar-refractivity contribution in [1.82, 2.24) is 0 Å². The van der Waals surface area contributed by atoms with Crippen molar-refractivity contribution in [3.63, 3.8) is 0 Å². The molecule has 0 spiro atoms. The SMILES string of the molecule is COC(CC(C)(C)OC)c1ccccc1O. The zero-order valence-electron chi connectivity index (χ0n) is 10.4. The van der Waals surface area contributed by atoms with Gasteiger partial charge in [0.2, 0.25) is 0 Å². The number of hydrogen-bond acceptors (Lipinski definition) is 3. The number of phenolic OH excluding ortho intramolecular Hbond substituents is 1. The lowest BCUT2D eigenvalue weighted by Crippen LogP contribution is -2.26. The van der Waals surface area contributed by atoms with Gasteiger partial charge < -0.3 is 14.6 Å². The second-order valence-electron chi connectivity index (χ2n) is 4.45. The van der Waals surface area contributed by atoms with Gasteiger partial charge in [-0.25, -0.2) is 0 Å². The minimum Gasteiger partial charge on any atom is -0.508 e. The fraction of sp³-hybridized carbons (Fsp3) is 0.538. The van der Waals surface area contributed by atoms with Gasteiger partial charge in [-0.2, -0.15) is 0 Å². The molecule has 1 unspecified atom stereocenters. The molecule has 1 N–H and O–H groups in total. The van der Waals surface area contributed by atoms with E-state index in [1.165, 1.54) is 0 Å². The number of ether oxygens (including phenoxy) is 2. The number of phenols is 1. The minimum atomic E-state index is -0.275. The summed E-state index contributed by atoms with van der Waals surface area (Å²) in [5.74, 6) is 0.265. The van der Waals surface area contributed by atoms with Crippen molar-refractivity contribution >= 4 is 0 Å². The Labute approximate surface area is 97.0 Å². The Morgan fingerprint density at radius 2 is 1.88 bits per heavy atom. The summed E-state index contributed by atoms with van der Waals surface area (Å²) in [5, 5.41) is 9.76. The highest BCUT2D eigenvalue weighted by Gasteiger charge is 2.25. The highest BCUT2D eigenvalue weighted by Crippen LogP contribution is 2.33. The summed E-state index contributed by atoms with van der Waals surface area (Å²) in [6.07, 6.45) is 0.536. The van der Waals surface area contributed by atoms with Crippen LogP contribution < -0.4 is 0 Å². The summed E-state index contributed by atoms with van der Waals surface area (Å²) in [6.45, 7) is 4.00. The highest BCUT2D eigenvalue weighted by molar-refractivity contribution is 5.33. The summed E-state index contributed by atoms with van der Waals surface area (Å²) in [4.78, 5) is 0. The highest BCUT2D eigenvalue weighted by atomic mass is 16.5. The first-order valence-corrected chi connectivity index (χ1v) is 5.36. The van der Waals surface area contributed by atoms with Crippen molar-refractivity contribution in [2.24, 2.45) is 0 Å². The molecule has 0 aliphatic heterocycles. The maximum atomic E-state index is 9.76. The van der Waals surface area contributed by atoms with Crippen LogP contribution in [0.5, 0.6) is 5.75 Å². The molecule has 0 fully saturated rings. The van der Waals surface area contributed by atoms with E-state index in [0.29, 0.717) is 6.42 Å². The monoisotopic (exact) mass is 224 g/mol. The fourth-order valence-corrected chi connectivity index (χ4v) is 1.61. The van der Waals surface area contributed by atoms with Crippen LogP contribution in [0.1, 0.15) is 31.9 Å². The van der Waals surface area contributed by atoms with Crippen molar-refractivity contribution in [2.75, 3.05) is 14.2 Å². The normalized spacial score (nSPS) is 13.8. The Hall–Kier alpha value is -1.06. The van der Waals surface area contributed by atoms with E-state index in [0.717, 1.165) is 5.56 Å². The summed E-state index contributed by atoms with van der Waals surface area (Å²) < 4.78 is 10.8. The lowest BCUT2D eigenvalue weighted by atomic mass is 9.95. The van der Waals surface area contributed by atoms with Gasteiger partial charge in [-0.3, -0.25) is 0 Å². The predicted molar refractivity (Wildman–Crippen MR) is 63.6 cm³/mol. The van der Waals surface area contributed by atoms with E-state index in [9.17, 15) is 5.11 Å². The molecule has 0 saturated heterocycles. The molecule has 0 saturated carbocycles. The average Bonchev–Trinajstić information content (AvgIpc) is 2.27. The Bertz CT molecular complexity index is 334. The third-order valence-electron chi connectivity index (χ3n) is 2.80. The van der Waals surface area contributed by atoms with Crippen LogP contribution in [0.3, 0.4) is 0 Å². The van der Waals surface area contributed by atoms with Crippen molar-refractivity contribution in [2.45, 2.75) is 32.0 Å². The molecule has 0 aromatic heterocycles. The Morgan fingerprint density at radius 3 is 2.38 bits per heavy atom. The van der Waals surface area contributed by atoms with Crippen LogP contribution >= 0.6 is 0 Å². The number of aromatic hydroxyl groups is 1. The van der Waals surface area contributed by atoms with Gasteiger partial charge in [0.15, 0.2) is 0 Å². The summed E-state index contributed by atoms with van der Waals surface area (Å²) >= 11 is 0. The maximum absolute atomic E-state index is 9.76. The zero-order valence-corrected chi connectivity index (χ0v) is 10.4. The van der Waals surface area contributed by atoms with Crippen LogP contribution in [0.25, 0.3) is 0 Å². The number of benzene rings is 1. The zero-order chi connectivity index (χ0) is 12.2. The summed E-state index contributed by atoms with van der Waals surface area (Å²) in [6, 6.07) is 7.23. The fourth-order valence-electron chi connectivity index (χ4n) is 1.61. The molecule has 0 aliphatic rings. The van der Waals surface area contributed by atoms with Gasteiger partial charge in [0.05, 0.1) is 11.7 Å². The molecular formula is C13H20O3. The first kappa shape index (κ1) is 13.0. The molecule has 1 aromatic rings. The molecule has 0 amide bonds. The molecule has 0 aliphatic carbocycles. The molecule has 0 bridgehead atoms. The predicted octanol–water partition coefficient (Wildman–Crippen LogP) is 2.89. The van der Waals surface area contributed by atoms with E-state index in [-0.39, 0.29) is 17.5 Å². The Kier molecular flexibility index (Phi) is 4.33. The largest absolute Gasteiger partial charge is 0.508 e. The van der Waals surface area contributed by atoms with Crippen LogP contribution in [0.4, 0.5) is 0 Å². The van der Waals surface area contributed by atoms with Crippen molar-refractivity contribution in [3.8, 4) is 5.75 Å². The Balaban J connectivity index is 2.87.